The number of hydrogen-bond acceptors (Lipinski definition) is 3. The molecule has 1 aliphatic carbocycles. The van der Waals surface area contributed by atoms with E-state index >= 15 is 0 Å². The van der Waals surface area contributed by atoms with Crippen molar-refractivity contribution in [2.24, 2.45) is 17.6 Å². The van der Waals surface area contributed by atoms with E-state index in [4.69, 9.17) is 5.73 Å². The summed E-state index contributed by atoms with van der Waals surface area (Å²) in [6, 6.07) is 14.6. The van der Waals surface area contributed by atoms with Crippen molar-refractivity contribution in [2.45, 2.75) is 26.2 Å². The van der Waals surface area contributed by atoms with Crippen LogP contribution in [0.1, 0.15) is 35.2 Å². The van der Waals surface area contributed by atoms with Gasteiger partial charge >= 0.3 is 0 Å². The van der Waals surface area contributed by atoms with Gasteiger partial charge in [-0.05, 0) is 62.1 Å². The molecule has 136 valence electrons. The summed E-state index contributed by atoms with van der Waals surface area (Å²) in [6.45, 7) is 2.44. The maximum absolute atomic E-state index is 12.6. The van der Waals surface area contributed by atoms with E-state index in [1.807, 2.05) is 43.3 Å². The van der Waals surface area contributed by atoms with Gasteiger partial charge < -0.3 is 16.4 Å². The second kappa shape index (κ2) is 8.15. The van der Waals surface area contributed by atoms with Crippen LogP contribution in [0.3, 0.4) is 0 Å². The summed E-state index contributed by atoms with van der Waals surface area (Å²) >= 11 is 0. The molecule has 5 heteroatoms. The summed E-state index contributed by atoms with van der Waals surface area (Å²) in [7, 11) is 0. The van der Waals surface area contributed by atoms with Crippen molar-refractivity contribution in [3.8, 4) is 0 Å². The van der Waals surface area contributed by atoms with Gasteiger partial charge in [0.25, 0.3) is 5.91 Å². The van der Waals surface area contributed by atoms with E-state index < -0.39 is 0 Å². The molecule has 5 nitrogen and oxygen atoms in total. The zero-order valence-corrected chi connectivity index (χ0v) is 15.0. The van der Waals surface area contributed by atoms with Gasteiger partial charge in [-0.15, -0.1) is 0 Å². The molecule has 0 unspecified atom stereocenters. The number of anilines is 2. The number of hydrogen-bond donors (Lipinski definition) is 3. The smallest absolute Gasteiger partial charge is 0.255 e. The van der Waals surface area contributed by atoms with Gasteiger partial charge in [0.2, 0.25) is 5.91 Å². The molecule has 0 heterocycles. The number of nitrogens with one attached hydrogen (secondary N) is 2. The summed E-state index contributed by atoms with van der Waals surface area (Å²) in [5.41, 5.74) is 8.65. The molecular formula is C21H25N3O2. The van der Waals surface area contributed by atoms with Gasteiger partial charge in [0.15, 0.2) is 0 Å². The number of amides is 2. The van der Waals surface area contributed by atoms with E-state index in [9.17, 15) is 9.59 Å². The summed E-state index contributed by atoms with van der Waals surface area (Å²) in [4.78, 5) is 25.0. The van der Waals surface area contributed by atoms with Gasteiger partial charge in [-0.3, -0.25) is 9.59 Å². The Hall–Kier alpha value is -2.66. The quantitative estimate of drug-likeness (QED) is 0.770. The zero-order valence-electron chi connectivity index (χ0n) is 15.0. The standard InChI is InChI=1S/C21H25N3O2/c1-14-18(23-20(25)15-7-3-2-4-8-15)11-6-12-19(14)24-21(26)17-10-5-9-16(17)13-22/h2-4,6-8,11-12,16-17H,5,9-10,13,22H2,1H3,(H,23,25)(H,24,26)/t16-,17-/m1/s1. The van der Waals surface area contributed by atoms with Crippen LogP contribution < -0.4 is 16.4 Å². The molecule has 2 amide bonds. The minimum atomic E-state index is -0.170. The predicted octanol–water partition coefficient (Wildman–Crippen LogP) is 3.56. The first-order valence-corrected chi connectivity index (χ1v) is 9.07. The zero-order chi connectivity index (χ0) is 18.5. The Labute approximate surface area is 154 Å². The van der Waals surface area contributed by atoms with Crippen LogP contribution in [-0.4, -0.2) is 18.4 Å². The van der Waals surface area contributed by atoms with Crippen LogP contribution in [-0.2, 0) is 4.79 Å². The van der Waals surface area contributed by atoms with Crippen molar-refractivity contribution < 1.29 is 9.59 Å². The second-order valence-electron chi connectivity index (χ2n) is 6.82. The Bertz CT molecular complexity index is 789. The van der Waals surface area contributed by atoms with Gasteiger partial charge in [0.05, 0.1) is 0 Å². The minimum absolute atomic E-state index is 0.0209. The maximum atomic E-state index is 12.6. The first-order valence-electron chi connectivity index (χ1n) is 9.07. The van der Waals surface area contributed by atoms with Gasteiger partial charge in [-0.25, -0.2) is 0 Å². The molecule has 0 aromatic heterocycles. The van der Waals surface area contributed by atoms with Crippen LogP contribution in [0.15, 0.2) is 48.5 Å². The summed E-state index contributed by atoms with van der Waals surface area (Å²) < 4.78 is 0. The van der Waals surface area contributed by atoms with Gasteiger partial charge in [0.1, 0.15) is 0 Å². The van der Waals surface area contributed by atoms with Crippen molar-refractivity contribution in [2.75, 3.05) is 17.2 Å². The molecule has 0 bridgehead atoms. The molecule has 26 heavy (non-hydrogen) atoms. The van der Waals surface area contributed by atoms with Gasteiger partial charge in [-0.2, -0.15) is 0 Å². The summed E-state index contributed by atoms with van der Waals surface area (Å²) in [5.74, 6) is 0.0852. The van der Waals surface area contributed by atoms with E-state index in [1.54, 1.807) is 12.1 Å². The molecular weight excluding hydrogens is 326 g/mol. The number of benzene rings is 2. The fourth-order valence-corrected chi connectivity index (χ4v) is 3.58. The van der Waals surface area contributed by atoms with Crippen LogP contribution in [0.4, 0.5) is 11.4 Å². The molecule has 2 aromatic rings. The fourth-order valence-electron chi connectivity index (χ4n) is 3.58. The summed E-state index contributed by atoms with van der Waals surface area (Å²) in [6.07, 6.45) is 2.95. The monoisotopic (exact) mass is 351 g/mol. The van der Waals surface area contributed by atoms with Crippen LogP contribution in [0.25, 0.3) is 0 Å². The molecule has 4 N–H and O–H groups in total. The van der Waals surface area contributed by atoms with Gasteiger partial charge in [-0.1, -0.05) is 30.7 Å². The van der Waals surface area contributed by atoms with Crippen LogP contribution in [0.5, 0.6) is 0 Å². The first kappa shape index (κ1) is 18.1. The lowest BCUT2D eigenvalue weighted by Crippen LogP contribution is -2.30. The lowest BCUT2D eigenvalue weighted by Gasteiger charge is -2.19. The maximum Gasteiger partial charge on any atom is 0.255 e. The third kappa shape index (κ3) is 3.94. The molecule has 1 saturated carbocycles. The number of carbonyl (C=O) groups excluding carboxylic acids is 2. The average Bonchev–Trinajstić information content (AvgIpc) is 3.14. The Morgan fingerprint density at radius 2 is 1.69 bits per heavy atom. The SMILES string of the molecule is Cc1c(NC(=O)c2ccccc2)cccc1NC(=O)[C@@H]1CCC[C@@H]1CN. The molecule has 0 aliphatic heterocycles. The number of nitrogens with two attached hydrogens (primary N) is 1. The molecule has 0 saturated heterocycles. The van der Waals surface area contributed by atoms with Gasteiger partial charge in [0, 0.05) is 22.9 Å². The highest BCUT2D eigenvalue weighted by Crippen LogP contribution is 2.33. The van der Waals surface area contributed by atoms with Crippen LogP contribution in [0, 0.1) is 18.8 Å². The number of carbonyl (C=O) groups is 2. The average molecular weight is 351 g/mol. The Kier molecular flexibility index (Phi) is 5.68. The minimum Gasteiger partial charge on any atom is -0.330 e. The molecule has 0 spiro atoms. The molecule has 2 atom stereocenters. The first-order chi connectivity index (χ1) is 12.6. The topological polar surface area (TPSA) is 84.2 Å². The third-order valence-corrected chi connectivity index (χ3v) is 5.17. The lowest BCUT2D eigenvalue weighted by molar-refractivity contribution is -0.120. The molecule has 1 aliphatic rings. The summed E-state index contributed by atoms with van der Waals surface area (Å²) in [5, 5.41) is 5.94. The Balaban J connectivity index is 1.73. The molecule has 3 rings (SSSR count). The molecule has 2 aromatic carbocycles. The predicted molar refractivity (Wildman–Crippen MR) is 104 cm³/mol. The van der Waals surface area contributed by atoms with E-state index in [-0.39, 0.29) is 23.7 Å². The molecule has 1 fully saturated rings. The fraction of sp³-hybridized carbons (Fsp3) is 0.333. The van der Waals surface area contributed by atoms with Crippen LogP contribution in [0.2, 0.25) is 0 Å². The number of rotatable bonds is 5. The van der Waals surface area contributed by atoms with Crippen LogP contribution >= 0.6 is 0 Å². The molecule has 0 radical (unpaired) electrons. The largest absolute Gasteiger partial charge is 0.330 e. The van der Waals surface area contributed by atoms with E-state index in [0.29, 0.717) is 17.8 Å². The normalized spacial score (nSPS) is 19.2. The van der Waals surface area contributed by atoms with Crippen molar-refractivity contribution >= 4 is 23.2 Å². The van der Waals surface area contributed by atoms with E-state index in [2.05, 4.69) is 10.6 Å². The van der Waals surface area contributed by atoms with Crippen molar-refractivity contribution in [1.29, 1.82) is 0 Å². The van der Waals surface area contributed by atoms with Crippen molar-refractivity contribution in [3.05, 3.63) is 59.7 Å². The van der Waals surface area contributed by atoms with Crippen molar-refractivity contribution in [1.82, 2.24) is 0 Å². The van der Waals surface area contributed by atoms with E-state index in [0.717, 1.165) is 30.5 Å². The van der Waals surface area contributed by atoms with Crippen molar-refractivity contribution in [3.63, 3.8) is 0 Å². The highest BCUT2D eigenvalue weighted by Gasteiger charge is 2.32. The highest BCUT2D eigenvalue weighted by atomic mass is 16.2. The second-order valence-corrected chi connectivity index (χ2v) is 6.82. The Morgan fingerprint density at radius 3 is 2.38 bits per heavy atom. The third-order valence-electron chi connectivity index (χ3n) is 5.17. The highest BCUT2D eigenvalue weighted by molar-refractivity contribution is 6.05. The Morgan fingerprint density at radius 1 is 1.00 bits per heavy atom. The lowest BCUT2D eigenvalue weighted by atomic mass is 9.95. The van der Waals surface area contributed by atoms with E-state index in [1.165, 1.54) is 0 Å².